The molecular weight excluding hydrogens is 516 g/mol. The van der Waals surface area contributed by atoms with Crippen LogP contribution in [0.4, 0.5) is 0 Å². The van der Waals surface area contributed by atoms with E-state index in [0.29, 0.717) is 12.2 Å². The molecule has 0 spiro atoms. The van der Waals surface area contributed by atoms with Crippen LogP contribution in [0.1, 0.15) is 99.1 Å². The largest absolute Gasteiger partial charge is 0.507 e. The molecule has 1 heterocycles. The summed E-state index contributed by atoms with van der Waals surface area (Å²) in [6.07, 6.45) is 2.32. The average Bonchev–Trinajstić information content (AvgIpc) is 2.92. The summed E-state index contributed by atoms with van der Waals surface area (Å²) in [6, 6.07) is 25.0. The third-order valence-corrected chi connectivity index (χ3v) is 8.81. The smallest absolute Gasteiger partial charge is 0.334 e. The van der Waals surface area contributed by atoms with Crippen molar-refractivity contribution < 1.29 is 14.7 Å². The van der Waals surface area contributed by atoms with Gasteiger partial charge in [-0.2, -0.15) is 5.10 Å². The first-order valence-corrected chi connectivity index (χ1v) is 15.0. The molecule has 3 aromatic carbocycles. The van der Waals surface area contributed by atoms with E-state index in [0.717, 1.165) is 35.2 Å². The van der Waals surface area contributed by atoms with E-state index >= 15 is 0 Å². The number of carbonyl (C=O) groups excluding carboxylic acids is 1. The third kappa shape index (κ3) is 7.69. The summed E-state index contributed by atoms with van der Waals surface area (Å²) in [4.78, 5) is 18.0. The molecule has 1 aliphatic heterocycles. The Morgan fingerprint density at radius 2 is 1.35 bits per heavy atom. The Kier molecular flexibility index (Phi) is 9.29. The van der Waals surface area contributed by atoms with Crippen LogP contribution in [-0.2, 0) is 26.9 Å². The molecule has 0 saturated carbocycles. The van der Waals surface area contributed by atoms with Crippen LogP contribution in [0, 0.1) is 0 Å². The summed E-state index contributed by atoms with van der Waals surface area (Å²) < 4.78 is 0. The zero-order chi connectivity index (χ0) is 28.9. The van der Waals surface area contributed by atoms with Gasteiger partial charge in [-0.3, -0.25) is 0 Å². The SMILES string of the molecule is CC(C)(C)c1cc(CCC(=O)ONN=C2CC(c3ccccc3)SC(c3ccccc3)C2)cc(C(C)(C)C)c1O. The maximum atomic E-state index is 12.7. The second kappa shape index (κ2) is 12.5. The van der Waals surface area contributed by atoms with Crippen molar-refractivity contribution in [1.29, 1.82) is 0 Å². The molecule has 2 N–H and O–H groups in total. The molecule has 3 aromatic rings. The van der Waals surface area contributed by atoms with E-state index in [1.54, 1.807) is 0 Å². The van der Waals surface area contributed by atoms with Crippen LogP contribution in [0.25, 0.3) is 0 Å². The lowest BCUT2D eigenvalue weighted by molar-refractivity contribution is -0.151. The third-order valence-electron chi connectivity index (χ3n) is 7.28. The van der Waals surface area contributed by atoms with Crippen LogP contribution in [-0.4, -0.2) is 16.8 Å². The van der Waals surface area contributed by atoms with Gasteiger partial charge in [0.05, 0.1) is 6.42 Å². The lowest BCUT2D eigenvalue weighted by Gasteiger charge is -2.30. The molecule has 0 amide bonds. The lowest BCUT2D eigenvalue weighted by Crippen LogP contribution is -2.22. The second-order valence-electron chi connectivity index (χ2n) is 12.6. The molecule has 4 rings (SSSR count). The predicted octanol–water partition coefficient (Wildman–Crippen LogP) is 8.33. The molecule has 0 radical (unpaired) electrons. The number of thioether (sulfide) groups is 1. The maximum Gasteiger partial charge on any atom is 0.334 e. The number of aromatic hydroxyl groups is 1. The van der Waals surface area contributed by atoms with Crippen molar-refractivity contribution in [2.24, 2.45) is 5.10 Å². The van der Waals surface area contributed by atoms with Crippen molar-refractivity contribution in [2.75, 3.05) is 0 Å². The number of benzene rings is 3. The van der Waals surface area contributed by atoms with E-state index in [4.69, 9.17) is 4.84 Å². The van der Waals surface area contributed by atoms with Crippen molar-refractivity contribution in [1.82, 2.24) is 5.59 Å². The zero-order valence-corrected chi connectivity index (χ0v) is 25.3. The number of nitrogens with one attached hydrogen (secondary N) is 1. The van der Waals surface area contributed by atoms with E-state index in [-0.39, 0.29) is 33.7 Å². The number of hydrazone groups is 1. The number of rotatable bonds is 7. The summed E-state index contributed by atoms with van der Waals surface area (Å²) in [5.41, 5.74) is 8.50. The van der Waals surface area contributed by atoms with E-state index < -0.39 is 0 Å². The van der Waals surface area contributed by atoms with Gasteiger partial charge in [0.2, 0.25) is 0 Å². The lowest BCUT2D eigenvalue weighted by atomic mass is 9.78. The summed E-state index contributed by atoms with van der Waals surface area (Å²) >= 11 is 1.96. The highest BCUT2D eigenvalue weighted by Crippen LogP contribution is 2.49. The Balaban J connectivity index is 1.41. The van der Waals surface area contributed by atoms with Gasteiger partial charge in [-0.05, 0) is 45.1 Å². The molecule has 1 fully saturated rings. The highest BCUT2D eigenvalue weighted by Gasteiger charge is 2.29. The fraction of sp³-hybridized carbons (Fsp3) is 0.412. The van der Waals surface area contributed by atoms with Crippen LogP contribution < -0.4 is 5.59 Å². The fourth-order valence-corrected chi connectivity index (χ4v) is 6.65. The first kappa shape index (κ1) is 29.7. The quantitative estimate of drug-likeness (QED) is 0.285. The van der Waals surface area contributed by atoms with Gasteiger partial charge in [-0.1, -0.05) is 114 Å². The highest BCUT2D eigenvalue weighted by molar-refractivity contribution is 7.99. The van der Waals surface area contributed by atoms with Crippen LogP contribution in [0.2, 0.25) is 0 Å². The number of carbonyl (C=O) groups is 1. The van der Waals surface area contributed by atoms with E-state index in [1.165, 1.54) is 11.1 Å². The first-order valence-electron chi connectivity index (χ1n) is 14.0. The minimum absolute atomic E-state index is 0.213. The van der Waals surface area contributed by atoms with Crippen LogP contribution in [0.15, 0.2) is 77.9 Å². The van der Waals surface area contributed by atoms with Crippen molar-refractivity contribution >= 4 is 23.4 Å². The number of phenolic OH excluding ortho intramolecular Hbond substituents is 1. The van der Waals surface area contributed by atoms with Crippen molar-refractivity contribution in [3.8, 4) is 5.75 Å². The van der Waals surface area contributed by atoms with Gasteiger partial charge in [-0.15, -0.1) is 17.4 Å². The normalized spacial score (nSPS) is 17.8. The van der Waals surface area contributed by atoms with Gasteiger partial charge < -0.3 is 9.94 Å². The van der Waals surface area contributed by atoms with E-state index in [1.807, 2.05) is 36.0 Å². The molecular formula is C34H42N2O3S. The topological polar surface area (TPSA) is 70.9 Å². The molecule has 2 unspecified atom stereocenters. The van der Waals surface area contributed by atoms with Crippen LogP contribution in [0.5, 0.6) is 5.75 Å². The van der Waals surface area contributed by atoms with E-state index in [9.17, 15) is 9.90 Å². The van der Waals surface area contributed by atoms with Crippen LogP contribution >= 0.6 is 11.8 Å². The Labute approximate surface area is 243 Å². The van der Waals surface area contributed by atoms with Gasteiger partial charge in [-0.25, -0.2) is 4.79 Å². The van der Waals surface area contributed by atoms with Gasteiger partial charge in [0.1, 0.15) is 5.75 Å². The second-order valence-corrected chi connectivity index (χ2v) is 14.0. The van der Waals surface area contributed by atoms with Crippen molar-refractivity contribution in [3.63, 3.8) is 0 Å². The standard InChI is InChI=1S/C34H42N2O3S/c1-33(2,3)27-19-23(20-28(32(27)38)34(4,5)6)17-18-31(37)39-36-35-26-21-29(24-13-9-7-10-14-24)40-30(22-26)25-15-11-8-12-16-25/h7-16,19-20,29-30,36,38H,17-18,21-22H2,1-6H3. The molecule has 212 valence electrons. The van der Waals surface area contributed by atoms with Gasteiger partial charge in [0.15, 0.2) is 0 Å². The Morgan fingerprint density at radius 1 is 0.875 bits per heavy atom. The summed E-state index contributed by atoms with van der Waals surface area (Å²) in [5, 5.41) is 16.0. The molecule has 1 saturated heterocycles. The molecule has 0 aliphatic carbocycles. The molecule has 5 nitrogen and oxygen atoms in total. The molecule has 0 aromatic heterocycles. The summed E-state index contributed by atoms with van der Waals surface area (Å²) in [6.45, 7) is 12.5. The first-order chi connectivity index (χ1) is 18.9. The Morgan fingerprint density at radius 3 is 1.80 bits per heavy atom. The van der Waals surface area contributed by atoms with Gasteiger partial charge in [0, 0.05) is 29.1 Å². The maximum absolute atomic E-state index is 12.7. The number of aryl methyl sites for hydroxylation is 1. The number of hydrogen-bond donors (Lipinski definition) is 2. The molecule has 1 aliphatic rings. The van der Waals surface area contributed by atoms with E-state index in [2.05, 4.69) is 101 Å². The summed E-state index contributed by atoms with van der Waals surface area (Å²) in [7, 11) is 0. The van der Waals surface area contributed by atoms with Crippen molar-refractivity contribution in [3.05, 3.63) is 101 Å². The fourth-order valence-electron chi connectivity index (χ4n) is 5.04. The minimum Gasteiger partial charge on any atom is -0.507 e. The molecule has 40 heavy (non-hydrogen) atoms. The molecule has 0 bridgehead atoms. The summed E-state index contributed by atoms with van der Waals surface area (Å²) in [5.74, 6) is -0.0199. The number of hydrogen-bond acceptors (Lipinski definition) is 6. The van der Waals surface area contributed by atoms with Crippen LogP contribution in [0.3, 0.4) is 0 Å². The minimum atomic E-state index is -0.364. The highest BCUT2D eigenvalue weighted by atomic mass is 32.2. The Bertz CT molecular complexity index is 1240. The van der Waals surface area contributed by atoms with Gasteiger partial charge >= 0.3 is 5.97 Å². The average molecular weight is 559 g/mol. The van der Waals surface area contributed by atoms with Gasteiger partial charge in [0.25, 0.3) is 0 Å². The zero-order valence-electron chi connectivity index (χ0n) is 24.5. The predicted molar refractivity (Wildman–Crippen MR) is 166 cm³/mol. The molecule has 2 atom stereocenters. The Hall–Kier alpha value is -3.25. The van der Waals surface area contributed by atoms with Crippen molar-refractivity contribution in [2.45, 2.75) is 88.6 Å². The molecule has 6 heteroatoms. The monoisotopic (exact) mass is 558 g/mol. The number of phenols is 1. The number of nitrogens with zero attached hydrogens (tertiary/aromatic N) is 1.